The SMILES string of the molecule is Cc1ccccc1Cn1nc(C)c(NC(=O)C(=O)NN)c1C. The molecule has 0 aliphatic carbocycles. The van der Waals surface area contributed by atoms with E-state index in [1.54, 1.807) is 17.0 Å². The van der Waals surface area contributed by atoms with Gasteiger partial charge in [-0.3, -0.25) is 19.7 Å². The van der Waals surface area contributed by atoms with Crippen LogP contribution in [0, 0.1) is 20.8 Å². The van der Waals surface area contributed by atoms with Gasteiger partial charge in [0.2, 0.25) is 0 Å². The number of hydrogen-bond donors (Lipinski definition) is 3. The van der Waals surface area contributed by atoms with E-state index in [9.17, 15) is 9.59 Å². The molecule has 22 heavy (non-hydrogen) atoms. The van der Waals surface area contributed by atoms with E-state index in [-0.39, 0.29) is 0 Å². The summed E-state index contributed by atoms with van der Waals surface area (Å²) in [7, 11) is 0. The molecule has 4 N–H and O–H groups in total. The number of carbonyl (C=O) groups is 2. The Morgan fingerprint density at radius 1 is 1.18 bits per heavy atom. The molecule has 116 valence electrons. The average Bonchev–Trinajstić information content (AvgIpc) is 2.76. The highest BCUT2D eigenvalue weighted by molar-refractivity contribution is 6.39. The lowest BCUT2D eigenvalue weighted by Crippen LogP contribution is -2.39. The highest BCUT2D eigenvalue weighted by Gasteiger charge is 2.18. The first-order chi connectivity index (χ1) is 10.4. The van der Waals surface area contributed by atoms with Crippen LogP contribution in [0.25, 0.3) is 0 Å². The van der Waals surface area contributed by atoms with E-state index in [0.717, 1.165) is 11.3 Å². The number of nitrogens with two attached hydrogens (primary N) is 1. The number of hydrogen-bond acceptors (Lipinski definition) is 4. The minimum Gasteiger partial charge on any atom is -0.315 e. The second kappa shape index (κ2) is 6.40. The van der Waals surface area contributed by atoms with Crippen molar-refractivity contribution >= 4 is 17.5 Å². The van der Waals surface area contributed by atoms with Gasteiger partial charge in [-0.05, 0) is 31.9 Å². The van der Waals surface area contributed by atoms with Crippen LogP contribution < -0.4 is 16.6 Å². The van der Waals surface area contributed by atoms with E-state index in [4.69, 9.17) is 5.84 Å². The summed E-state index contributed by atoms with van der Waals surface area (Å²) >= 11 is 0. The first-order valence-corrected chi connectivity index (χ1v) is 6.84. The molecule has 0 spiro atoms. The molecule has 0 aliphatic heterocycles. The maximum atomic E-state index is 11.6. The molecule has 2 aromatic rings. The number of aromatic nitrogens is 2. The number of amides is 2. The van der Waals surface area contributed by atoms with Gasteiger partial charge in [-0.25, -0.2) is 5.84 Å². The third kappa shape index (κ3) is 3.15. The van der Waals surface area contributed by atoms with Gasteiger partial charge in [0.15, 0.2) is 0 Å². The van der Waals surface area contributed by atoms with Gasteiger partial charge < -0.3 is 5.32 Å². The van der Waals surface area contributed by atoms with Crippen molar-refractivity contribution in [1.82, 2.24) is 15.2 Å². The lowest BCUT2D eigenvalue weighted by molar-refractivity contribution is -0.136. The van der Waals surface area contributed by atoms with Crippen LogP contribution in [0.15, 0.2) is 24.3 Å². The number of carbonyl (C=O) groups excluding carboxylic acids is 2. The average molecular weight is 301 g/mol. The lowest BCUT2D eigenvalue weighted by atomic mass is 10.1. The Hall–Kier alpha value is -2.67. The maximum Gasteiger partial charge on any atom is 0.323 e. The summed E-state index contributed by atoms with van der Waals surface area (Å²) in [5.41, 5.74) is 6.06. The van der Waals surface area contributed by atoms with Crippen LogP contribution in [0.1, 0.15) is 22.5 Å². The van der Waals surface area contributed by atoms with E-state index in [1.807, 2.05) is 38.1 Å². The highest BCUT2D eigenvalue weighted by atomic mass is 16.2. The van der Waals surface area contributed by atoms with Gasteiger partial charge in [0.1, 0.15) is 0 Å². The van der Waals surface area contributed by atoms with Crippen LogP contribution in [-0.4, -0.2) is 21.6 Å². The summed E-state index contributed by atoms with van der Waals surface area (Å²) in [6, 6.07) is 8.03. The van der Waals surface area contributed by atoms with E-state index < -0.39 is 11.8 Å². The molecule has 2 rings (SSSR count). The fourth-order valence-electron chi connectivity index (χ4n) is 2.22. The fourth-order valence-corrected chi connectivity index (χ4v) is 2.22. The van der Waals surface area contributed by atoms with Crippen molar-refractivity contribution in [1.29, 1.82) is 0 Å². The summed E-state index contributed by atoms with van der Waals surface area (Å²) < 4.78 is 1.80. The molecule has 0 aliphatic rings. The molecule has 0 saturated heterocycles. The van der Waals surface area contributed by atoms with Gasteiger partial charge in [-0.15, -0.1) is 0 Å². The zero-order valence-electron chi connectivity index (χ0n) is 12.8. The van der Waals surface area contributed by atoms with E-state index in [2.05, 4.69) is 10.4 Å². The van der Waals surface area contributed by atoms with Crippen molar-refractivity contribution in [2.24, 2.45) is 5.84 Å². The Morgan fingerprint density at radius 2 is 1.86 bits per heavy atom. The van der Waals surface area contributed by atoms with Crippen molar-refractivity contribution in [2.45, 2.75) is 27.3 Å². The van der Waals surface area contributed by atoms with Gasteiger partial charge in [0, 0.05) is 0 Å². The van der Waals surface area contributed by atoms with Crippen molar-refractivity contribution in [3.05, 3.63) is 46.8 Å². The molecule has 1 aromatic heterocycles. The third-order valence-corrected chi connectivity index (χ3v) is 3.54. The number of nitrogens with one attached hydrogen (secondary N) is 2. The first-order valence-electron chi connectivity index (χ1n) is 6.84. The predicted octanol–water partition coefficient (Wildman–Crippen LogP) is 0.785. The molecule has 1 heterocycles. The fraction of sp³-hybridized carbons (Fsp3) is 0.267. The third-order valence-electron chi connectivity index (χ3n) is 3.54. The molecule has 2 amide bonds. The largest absolute Gasteiger partial charge is 0.323 e. The highest BCUT2D eigenvalue weighted by Crippen LogP contribution is 2.21. The smallest absolute Gasteiger partial charge is 0.315 e. The first kappa shape index (κ1) is 15.7. The molecular weight excluding hydrogens is 282 g/mol. The Labute approximate surface area is 128 Å². The Kier molecular flexibility index (Phi) is 4.57. The summed E-state index contributed by atoms with van der Waals surface area (Å²) in [5.74, 6) is 3.23. The summed E-state index contributed by atoms with van der Waals surface area (Å²) in [5, 5.41) is 6.96. The van der Waals surface area contributed by atoms with E-state index in [0.29, 0.717) is 17.9 Å². The van der Waals surface area contributed by atoms with Crippen LogP contribution >= 0.6 is 0 Å². The summed E-state index contributed by atoms with van der Waals surface area (Å²) in [6.45, 7) is 6.25. The van der Waals surface area contributed by atoms with E-state index in [1.165, 1.54) is 5.56 Å². The van der Waals surface area contributed by atoms with Gasteiger partial charge in [0.25, 0.3) is 0 Å². The van der Waals surface area contributed by atoms with Crippen molar-refractivity contribution in [3.63, 3.8) is 0 Å². The van der Waals surface area contributed by atoms with Crippen LogP contribution in [-0.2, 0) is 16.1 Å². The van der Waals surface area contributed by atoms with Crippen molar-refractivity contribution in [3.8, 4) is 0 Å². The Balaban J connectivity index is 2.26. The molecule has 1 aromatic carbocycles. The van der Waals surface area contributed by atoms with Crippen molar-refractivity contribution < 1.29 is 9.59 Å². The standard InChI is InChI=1S/C15H19N5O2/c1-9-6-4-5-7-12(9)8-20-11(3)13(10(2)19-20)17-14(21)15(22)18-16/h4-7H,8,16H2,1-3H3,(H,17,21)(H,18,22). The number of anilines is 1. The van der Waals surface area contributed by atoms with Gasteiger partial charge in [0.05, 0.1) is 23.6 Å². The maximum absolute atomic E-state index is 11.6. The summed E-state index contributed by atoms with van der Waals surface area (Å²) in [4.78, 5) is 22.8. The molecule has 0 fully saturated rings. The molecule has 0 bridgehead atoms. The summed E-state index contributed by atoms with van der Waals surface area (Å²) in [6.07, 6.45) is 0. The molecule has 7 nitrogen and oxygen atoms in total. The van der Waals surface area contributed by atoms with Gasteiger partial charge >= 0.3 is 11.8 Å². The van der Waals surface area contributed by atoms with Crippen LogP contribution in [0.5, 0.6) is 0 Å². The zero-order chi connectivity index (χ0) is 16.3. The van der Waals surface area contributed by atoms with Crippen molar-refractivity contribution in [2.75, 3.05) is 5.32 Å². The second-order valence-corrected chi connectivity index (χ2v) is 5.06. The molecule has 0 atom stereocenters. The van der Waals surface area contributed by atoms with Gasteiger partial charge in [-0.2, -0.15) is 5.10 Å². The molecule has 7 heteroatoms. The molecule has 0 unspecified atom stereocenters. The molecular formula is C15H19N5O2. The predicted molar refractivity (Wildman–Crippen MR) is 82.9 cm³/mol. The number of aryl methyl sites for hydroxylation is 2. The quantitative estimate of drug-likeness (QED) is 0.337. The normalized spacial score (nSPS) is 10.4. The number of rotatable bonds is 3. The molecule has 0 radical (unpaired) electrons. The van der Waals surface area contributed by atoms with Crippen LogP contribution in [0.4, 0.5) is 5.69 Å². The van der Waals surface area contributed by atoms with E-state index >= 15 is 0 Å². The number of nitrogens with zero attached hydrogens (tertiary/aromatic N) is 2. The molecule has 0 saturated carbocycles. The lowest BCUT2D eigenvalue weighted by Gasteiger charge is -2.08. The van der Waals surface area contributed by atoms with Crippen LogP contribution in [0.2, 0.25) is 0 Å². The Morgan fingerprint density at radius 3 is 2.50 bits per heavy atom. The zero-order valence-corrected chi connectivity index (χ0v) is 12.8. The number of benzene rings is 1. The number of hydrazine groups is 1. The monoisotopic (exact) mass is 301 g/mol. The topological polar surface area (TPSA) is 102 Å². The Bertz CT molecular complexity index is 721. The minimum atomic E-state index is -0.898. The minimum absolute atomic E-state index is 0.530. The van der Waals surface area contributed by atoms with Gasteiger partial charge in [-0.1, -0.05) is 24.3 Å². The second-order valence-electron chi connectivity index (χ2n) is 5.06. The van der Waals surface area contributed by atoms with Crippen LogP contribution in [0.3, 0.4) is 0 Å².